The maximum Gasteiger partial charge on any atom is 0.401 e. The second-order valence-corrected chi connectivity index (χ2v) is 4.97. The highest BCUT2D eigenvalue weighted by Gasteiger charge is 2.44. The molecule has 0 heterocycles. The van der Waals surface area contributed by atoms with Crippen molar-refractivity contribution < 1.29 is 13.2 Å². The van der Waals surface area contributed by atoms with Gasteiger partial charge in [-0.05, 0) is 26.7 Å². The molecular weight excluding hydrogens is 217 g/mol. The van der Waals surface area contributed by atoms with Crippen LogP contribution in [0.15, 0.2) is 0 Å². The van der Waals surface area contributed by atoms with Gasteiger partial charge in [0.2, 0.25) is 0 Å². The lowest BCUT2D eigenvalue weighted by Gasteiger charge is -2.43. The van der Waals surface area contributed by atoms with Gasteiger partial charge >= 0.3 is 6.18 Å². The van der Waals surface area contributed by atoms with E-state index in [1.165, 1.54) is 0 Å². The summed E-state index contributed by atoms with van der Waals surface area (Å²) in [4.78, 5) is 1.54. The lowest BCUT2D eigenvalue weighted by Crippen LogP contribution is -2.57. The minimum absolute atomic E-state index is 0.122. The van der Waals surface area contributed by atoms with E-state index in [0.29, 0.717) is 6.54 Å². The van der Waals surface area contributed by atoms with Crippen molar-refractivity contribution in [2.75, 3.05) is 13.1 Å². The zero-order valence-electron chi connectivity index (χ0n) is 9.98. The molecule has 0 spiro atoms. The molecule has 0 amide bonds. The Morgan fingerprint density at radius 3 is 2.06 bits per heavy atom. The number of rotatable bonds is 4. The van der Waals surface area contributed by atoms with Crippen molar-refractivity contribution in [2.24, 2.45) is 5.73 Å². The Bertz CT molecular complexity index is 220. The van der Waals surface area contributed by atoms with E-state index < -0.39 is 18.3 Å². The zero-order chi connectivity index (χ0) is 12.4. The largest absolute Gasteiger partial charge is 0.401 e. The van der Waals surface area contributed by atoms with Crippen molar-refractivity contribution in [3.8, 4) is 0 Å². The molecule has 0 radical (unpaired) electrons. The minimum Gasteiger partial charge on any atom is -0.329 e. The standard InChI is InChI=1S/C11H21F3N2/c1-9(2)16(8-11(12,13)14)10(7-15)5-3-4-6-10/h9H,3-8,15H2,1-2H3. The number of alkyl halides is 3. The van der Waals surface area contributed by atoms with Crippen LogP contribution in [0.4, 0.5) is 13.2 Å². The van der Waals surface area contributed by atoms with Gasteiger partial charge < -0.3 is 5.73 Å². The molecule has 2 N–H and O–H groups in total. The summed E-state index contributed by atoms with van der Waals surface area (Å²) in [6, 6.07) is -0.122. The van der Waals surface area contributed by atoms with Gasteiger partial charge in [0.25, 0.3) is 0 Å². The van der Waals surface area contributed by atoms with Crippen molar-refractivity contribution in [1.82, 2.24) is 4.90 Å². The highest BCUT2D eigenvalue weighted by atomic mass is 19.4. The highest BCUT2D eigenvalue weighted by Crippen LogP contribution is 2.37. The van der Waals surface area contributed by atoms with Crippen LogP contribution in [0.25, 0.3) is 0 Å². The maximum atomic E-state index is 12.5. The Balaban J connectivity index is 2.83. The first-order valence-electron chi connectivity index (χ1n) is 5.84. The van der Waals surface area contributed by atoms with E-state index in [0.717, 1.165) is 25.7 Å². The Kier molecular flexibility index (Phi) is 4.23. The van der Waals surface area contributed by atoms with E-state index in [1.807, 2.05) is 13.8 Å². The Morgan fingerprint density at radius 2 is 1.75 bits per heavy atom. The van der Waals surface area contributed by atoms with Gasteiger partial charge in [0.15, 0.2) is 0 Å². The predicted molar refractivity (Wildman–Crippen MR) is 58.2 cm³/mol. The monoisotopic (exact) mass is 238 g/mol. The van der Waals surface area contributed by atoms with Crippen LogP contribution in [-0.2, 0) is 0 Å². The van der Waals surface area contributed by atoms with Gasteiger partial charge in [0, 0.05) is 18.1 Å². The molecule has 0 atom stereocenters. The van der Waals surface area contributed by atoms with Gasteiger partial charge in [-0.15, -0.1) is 0 Å². The van der Waals surface area contributed by atoms with E-state index in [9.17, 15) is 13.2 Å². The Labute approximate surface area is 95.0 Å². The summed E-state index contributed by atoms with van der Waals surface area (Å²) in [5.41, 5.74) is 5.29. The number of hydrogen-bond acceptors (Lipinski definition) is 2. The van der Waals surface area contributed by atoms with Crippen molar-refractivity contribution >= 4 is 0 Å². The SMILES string of the molecule is CC(C)N(CC(F)(F)F)C1(CN)CCCC1. The van der Waals surface area contributed by atoms with E-state index >= 15 is 0 Å². The summed E-state index contributed by atoms with van der Waals surface area (Å²) in [6.45, 7) is 3.09. The Hall–Kier alpha value is -0.290. The molecule has 0 saturated heterocycles. The summed E-state index contributed by atoms with van der Waals surface area (Å²) in [6.07, 6.45) is -0.596. The molecule has 1 aliphatic rings. The van der Waals surface area contributed by atoms with Crippen LogP contribution in [0.5, 0.6) is 0 Å². The zero-order valence-corrected chi connectivity index (χ0v) is 9.98. The van der Waals surface area contributed by atoms with Crippen molar-refractivity contribution in [1.29, 1.82) is 0 Å². The van der Waals surface area contributed by atoms with Crippen LogP contribution < -0.4 is 5.73 Å². The van der Waals surface area contributed by atoms with E-state index in [-0.39, 0.29) is 6.04 Å². The molecule has 16 heavy (non-hydrogen) atoms. The molecule has 0 aromatic rings. The average Bonchev–Trinajstić information content (AvgIpc) is 2.62. The molecule has 0 aromatic carbocycles. The number of halogens is 3. The number of nitrogens with two attached hydrogens (primary N) is 1. The summed E-state index contributed by atoms with van der Waals surface area (Å²) >= 11 is 0. The molecule has 2 nitrogen and oxygen atoms in total. The minimum atomic E-state index is -4.14. The summed E-state index contributed by atoms with van der Waals surface area (Å²) in [5, 5.41) is 0. The quantitative estimate of drug-likeness (QED) is 0.815. The second kappa shape index (κ2) is 4.92. The fourth-order valence-electron chi connectivity index (χ4n) is 2.73. The van der Waals surface area contributed by atoms with Crippen LogP contribution in [0.3, 0.4) is 0 Å². The molecule has 0 unspecified atom stereocenters. The van der Waals surface area contributed by atoms with Crippen LogP contribution in [0.2, 0.25) is 0 Å². The summed E-state index contributed by atoms with van der Waals surface area (Å²) in [7, 11) is 0. The molecular formula is C11H21F3N2. The van der Waals surface area contributed by atoms with Gasteiger partial charge in [-0.25, -0.2) is 0 Å². The van der Waals surface area contributed by atoms with Crippen molar-refractivity contribution in [3.05, 3.63) is 0 Å². The first kappa shape index (κ1) is 13.8. The Morgan fingerprint density at radius 1 is 1.25 bits per heavy atom. The fourth-order valence-corrected chi connectivity index (χ4v) is 2.73. The van der Waals surface area contributed by atoms with Gasteiger partial charge in [-0.3, -0.25) is 4.90 Å². The second-order valence-electron chi connectivity index (χ2n) is 4.97. The van der Waals surface area contributed by atoms with Gasteiger partial charge in [-0.1, -0.05) is 12.8 Å². The third-order valence-electron chi connectivity index (χ3n) is 3.50. The van der Waals surface area contributed by atoms with Crippen molar-refractivity contribution in [3.63, 3.8) is 0 Å². The van der Waals surface area contributed by atoms with Gasteiger partial charge in [-0.2, -0.15) is 13.2 Å². The molecule has 5 heteroatoms. The molecule has 0 bridgehead atoms. The molecule has 1 aliphatic carbocycles. The summed E-state index contributed by atoms with van der Waals surface area (Å²) in [5.74, 6) is 0. The highest BCUT2D eigenvalue weighted by molar-refractivity contribution is 4.97. The molecule has 1 saturated carbocycles. The molecule has 0 aromatic heterocycles. The molecule has 96 valence electrons. The lowest BCUT2D eigenvalue weighted by atomic mass is 9.93. The molecule has 1 fully saturated rings. The topological polar surface area (TPSA) is 29.3 Å². The van der Waals surface area contributed by atoms with Crippen LogP contribution in [0, 0.1) is 0 Å². The predicted octanol–water partition coefficient (Wildman–Crippen LogP) is 2.53. The number of nitrogens with zero attached hydrogens (tertiary/aromatic N) is 1. The van der Waals surface area contributed by atoms with Crippen LogP contribution in [-0.4, -0.2) is 35.7 Å². The van der Waals surface area contributed by atoms with Crippen molar-refractivity contribution in [2.45, 2.75) is 57.3 Å². The van der Waals surface area contributed by atoms with E-state index in [1.54, 1.807) is 4.90 Å². The van der Waals surface area contributed by atoms with E-state index in [2.05, 4.69) is 0 Å². The van der Waals surface area contributed by atoms with Crippen LogP contribution in [0.1, 0.15) is 39.5 Å². The maximum absolute atomic E-state index is 12.5. The fraction of sp³-hybridized carbons (Fsp3) is 1.00. The van der Waals surface area contributed by atoms with Gasteiger partial charge in [0.05, 0.1) is 6.54 Å². The third-order valence-corrected chi connectivity index (χ3v) is 3.50. The first-order chi connectivity index (χ1) is 7.31. The molecule has 1 rings (SSSR count). The molecule has 0 aliphatic heterocycles. The normalized spacial score (nSPS) is 21.0. The first-order valence-corrected chi connectivity index (χ1v) is 5.84. The van der Waals surface area contributed by atoms with Crippen LogP contribution >= 0.6 is 0 Å². The van der Waals surface area contributed by atoms with E-state index in [4.69, 9.17) is 5.73 Å². The smallest absolute Gasteiger partial charge is 0.329 e. The lowest BCUT2D eigenvalue weighted by molar-refractivity contribution is -0.164. The van der Waals surface area contributed by atoms with Gasteiger partial charge in [0.1, 0.15) is 0 Å². The third kappa shape index (κ3) is 3.10. The average molecular weight is 238 g/mol. The summed E-state index contributed by atoms with van der Waals surface area (Å²) < 4.78 is 37.6. The number of hydrogen-bond donors (Lipinski definition) is 1.